The topological polar surface area (TPSA) is 64.6 Å². The van der Waals surface area contributed by atoms with Gasteiger partial charge < -0.3 is 14.8 Å². The zero-order chi connectivity index (χ0) is 16.1. The number of ether oxygens (including phenoxy) is 2. The number of carbonyl (C=O) groups is 2. The number of esters is 1. The molecule has 1 fully saturated rings. The standard InChI is InChI=1S/C15H17Cl2NO4/c1-21-15(20)13(18-14(19)10-4-5-22-8-10)6-9-2-3-11(16)7-12(9)17/h2-3,7,10,13H,4-6,8H2,1H3,(H,18,19)/t10-,13+/m0/s1. The molecular formula is C15H17Cl2NO4. The zero-order valence-electron chi connectivity index (χ0n) is 12.1. The van der Waals surface area contributed by atoms with Crippen molar-refractivity contribution in [3.8, 4) is 0 Å². The van der Waals surface area contributed by atoms with Crippen molar-refractivity contribution in [3.63, 3.8) is 0 Å². The van der Waals surface area contributed by atoms with Crippen LogP contribution in [-0.4, -0.2) is 38.2 Å². The fourth-order valence-electron chi connectivity index (χ4n) is 2.27. The third kappa shape index (κ3) is 4.35. The minimum absolute atomic E-state index is 0.210. The van der Waals surface area contributed by atoms with Crippen molar-refractivity contribution >= 4 is 35.1 Å². The predicted molar refractivity (Wildman–Crippen MR) is 83.0 cm³/mol. The van der Waals surface area contributed by atoms with E-state index in [1.165, 1.54) is 7.11 Å². The van der Waals surface area contributed by atoms with E-state index in [0.717, 1.165) is 0 Å². The van der Waals surface area contributed by atoms with Gasteiger partial charge in [0.15, 0.2) is 0 Å². The lowest BCUT2D eigenvalue weighted by Gasteiger charge is -2.19. The fourth-order valence-corrected chi connectivity index (χ4v) is 2.76. The third-order valence-corrected chi connectivity index (χ3v) is 4.13. The molecular weight excluding hydrogens is 329 g/mol. The van der Waals surface area contributed by atoms with E-state index in [9.17, 15) is 9.59 Å². The van der Waals surface area contributed by atoms with Gasteiger partial charge in [-0.15, -0.1) is 0 Å². The van der Waals surface area contributed by atoms with Crippen LogP contribution in [0.2, 0.25) is 10.0 Å². The Morgan fingerprint density at radius 1 is 1.45 bits per heavy atom. The fraction of sp³-hybridized carbons (Fsp3) is 0.467. The molecule has 1 saturated heterocycles. The van der Waals surface area contributed by atoms with Crippen LogP contribution >= 0.6 is 23.2 Å². The summed E-state index contributed by atoms with van der Waals surface area (Å²) in [4.78, 5) is 24.1. The Bertz CT molecular complexity index is 558. The first-order valence-electron chi connectivity index (χ1n) is 6.91. The number of nitrogens with one attached hydrogen (secondary N) is 1. The van der Waals surface area contributed by atoms with Crippen LogP contribution in [0, 0.1) is 5.92 Å². The number of hydrogen-bond acceptors (Lipinski definition) is 4. The van der Waals surface area contributed by atoms with E-state index in [0.29, 0.717) is 35.2 Å². The van der Waals surface area contributed by atoms with Crippen LogP contribution < -0.4 is 5.32 Å². The van der Waals surface area contributed by atoms with Gasteiger partial charge in [-0.05, 0) is 24.1 Å². The highest BCUT2D eigenvalue weighted by Gasteiger charge is 2.29. The predicted octanol–water partition coefficient (Wildman–Crippen LogP) is 2.23. The summed E-state index contributed by atoms with van der Waals surface area (Å²) in [6.07, 6.45) is 0.892. The lowest BCUT2D eigenvalue weighted by Crippen LogP contribution is -2.45. The summed E-state index contributed by atoms with van der Waals surface area (Å²) in [5, 5.41) is 3.67. The molecule has 0 unspecified atom stereocenters. The Labute approximate surface area is 138 Å². The van der Waals surface area contributed by atoms with E-state index in [1.54, 1.807) is 18.2 Å². The Morgan fingerprint density at radius 3 is 2.82 bits per heavy atom. The zero-order valence-corrected chi connectivity index (χ0v) is 13.6. The summed E-state index contributed by atoms with van der Waals surface area (Å²) < 4.78 is 9.94. The summed E-state index contributed by atoms with van der Waals surface area (Å²) in [5.74, 6) is -0.955. The van der Waals surface area contributed by atoms with Gasteiger partial charge in [0, 0.05) is 23.1 Å². The van der Waals surface area contributed by atoms with Gasteiger partial charge in [0.1, 0.15) is 6.04 Å². The van der Waals surface area contributed by atoms with Crippen LogP contribution in [0.4, 0.5) is 0 Å². The second kappa shape index (κ2) is 7.81. The first-order chi connectivity index (χ1) is 10.5. The molecule has 5 nitrogen and oxygen atoms in total. The van der Waals surface area contributed by atoms with Gasteiger partial charge in [-0.3, -0.25) is 4.79 Å². The number of rotatable bonds is 5. The average molecular weight is 346 g/mol. The maximum atomic E-state index is 12.2. The lowest BCUT2D eigenvalue weighted by molar-refractivity contribution is -0.145. The van der Waals surface area contributed by atoms with E-state index < -0.39 is 12.0 Å². The molecule has 1 aromatic carbocycles. The van der Waals surface area contributed by atoms with Gasteiger partial charge in [0.05, 0.1) is 19.6 Å². The molecule has 0 aliphatic carbocycles. The van der Waals surface area contributed by atoms with E-state index >= 15 is 0 Å². The van der Waals surface area contributed by atoms with Crippen LogP contribution in [0.3, 0.4) is 0 Å². The van der Waals surface area contributed by atoms with Crippen LogP contribution in [-0.2, 0) is 25.5 Å². The minimum atomic E-state index is -0.795. The highest BCUT2D eigenvalue weighted by atomic mass is 35.5. The van der Waals surface area contributed by atoms with Crippen molar-refractivity contribution in [2.24, 2.45) is 5.92 Å². The number of hydrogen-bond donors (Lipinski definition) is 1. The van der Waals surface area contributed by atoms with Crippen molar-refractivity contribution in [1.82, 2.24) is 5.32 Å². The second-order valence-corrected chi connectivity index (χ2v) is 5.93. The van der Waals surface area contributed by atoms with Gasteiger partial charge >= 0.3 is 5.97 Å². The van der Waals surface area contributed by atoms with E-state index in [4.69, 9.17) is 32.7 Å². The van der Waals surface area contributed by atoms with Crippen molar-refractivity contribution in [2.75, 3.05) is 20.3 Å². The van der Waals surface area contributed by atoms with Crippen molar-refractivity contribution in [3.05, 3.63) is 33.8 Å². The minimum Gasteiger partial charge on any atom is -0.467 e. The largest absolute Gasteiger partial charge is 0.467 e. The molecule has 0 saturated carbocycles. The number of benzene rings is 1. The molecule has 0 spiro atoms. The van der Waals surface area contributed by atoms with E-state index in [1.807, 2.05) is 0 Å². The number of carbonyl (C=O) groups excluding carboxylic acids is 2. The van der Waals surface area contributed by atoms with Gasteiger partial charge in [0.25, 0.3) is 0 Å². The van der Waals surface area contributed by atoms with Gasteiger partial charge in [-0.1, -0.05) is 29.3 Å². The maximum Gasteiger partial charge on any atom is 0.328 e. The Hall–Kier alpha value is -1.30. The molecule has 0 aromatic heterocycles. The second-order valence-electron chi connectivity index (χ2n) is 5.08. The summed E-state index contributed by atoms with van der Waals surface area (Å²) in [6.45, 7) is 0.936. The Kier molecular flexibility index (Phi) is 6.06. The SMILES string of the molecule is COC(=O)[C@@H](Cc1ccc(Cl)cc1Cl)NC(=O)[C@H]1CCOC1. The quantitative estimate of drug-likeness (QED) is 0.831. The van der Waals surface area contributed by atoms with Gasteiger partial charge in [-0.25, -0.2) is 4.79 Å². The van der Waals surface area contributed by atoms with Crippen LogP contribution in [0.1, 0.15) is 12.0 Å². The summed E-state index contributed by atoms with van der Waals surface area (Å²) in [5.41, 5.74) is 0.712. The van der Waals surface area contributed by atoms with E-state index in [2.05, 4.69) is 5.32 Å². The molecule has 1 N–H and O–H groups in total. The first kappa shape index (κ1) is 17.1. The van der Waals surface area contributed by atoms with Crippen LogP contribution in [0.25, 0.3) is 0 Å². The summed E-state index contributed by atoms with van der Waals surface area (Å²) >= 11 is 12.0. The molecule has 1 aromatic rings. The molecule has 1 amide bonds. The smallest absolute Gasteiger partial charge is 0.328 e. The highest BCUT2D eigenvalue weighted by molar-refractivity contribution is 6.35. The monoisotopic (exact) mass is 345 g/mol. The molecule has 2 rings (SSSR count). The lowest BCUT2D eigenvalue weighted by atomic mass is 10.0. The first-order valence-corrected chi connectivity index (χ1v) is 7.66. The molecule has 7 heteroatoms. The van der Waals surface area contributed by atoms with Gasteiger partial charge in [-0.2, -0.15) is 0 Å². The number of methoxy groups -OCH3 is 1. The Balaban J connectivity index is 2.08. The summed E-state index contributed by atoms with van der Waals surface area (Å²) in [6, 6.07) is 4.21. The normalized spacial score (nSPS) is 18.8. The molecule has 1 aliphatic rings. The maximum absolute atomic E-state index is 12.2. The van der Waals surface area contributed by atoms with Crippen molar-refractivity contribution < 1.29 is 19.1 Å². The van der Waals surface area contributed by atoms with Crippen molar-refractivity contribution in [2.45, 2.75) is 18.9 Å². The van der Waals surface area contributed by atoms with Gasteiger partial charge in [0.2, 0.25) is 5.91 Å². The number of amides is 1. The van der Waals surface area contributed by atoms with Crippen molar-refractivity contribution in [1.29, 1.82) is 0 Å². The molecule has 1 aliphatic heterocycles. The van der Waals surface area contributed by atoms with Crippen LogP contribution in [0.5, 0.6) is 0 Å². The molecule has 1 heterocycles. The van der Waals surface area contributed by atoms with Crippen LogP contribution in [0.15, 0.2) is 18.2 Å². The third-order valence-electron chi connectivity index (χ3n) is 3.54. The average Bonchev–Trinajstić information content (AvgIpc) is 3.02. The Morgan fingerprint density at radius 2 is 2.23 bits per heavy atom. The molecule has 0 radical (unpaired) electrons. The molecule has 0 bridgehead atoms. The highest BCUT2D eigenvalue weighted by Crippen LogP contribution is 2.22. The molecule has 22 heavy (non-hydrogen) atoms. The van der Waals surface area contributed by atoms with E-state index in [-0.39, 0.29) is 18.2 Å². The number of halogens is 2. The molecule has 120 valence electrons. The molecule has 2 atom stereocenters. The summed E-state index contributed by atoms with van der Waals surface area (Å²) in [7, 11) is 1.28.